The molecular formula is C29H24F4O. The maximum Gasteiger partial charge on any atom is 0.167 e. The molecule has 0 radical (unpaired) electrons. The van der Waals surface area contributed by atoms with Crippen molar-refractivity contribution in [3.63, 3.8) is 0 Å². The van der Waals surface area contributed by atoms with Crippen LogP contribution < -0.4 is 0 Å². The van der Waals surface area contributed by atoms with E-state index in [0.717, 1.165) is 11.1 Å². The van der Waals surface area contributed by atoms with Gasteiger partial charge >= 0.3 is 0 Å². The van der Waals surface area contributed by atoms with Crippen molar-refractivity contribution in [1.82, 2.24) is 0 Å². The van der Waals surface area contributed by atoms with Crippen molar-refractivity contribution in [2.24, 2.45) is 5.92 Å². The molecule has 34 heavy (non-hydrogen) atoms. The van der Waals surface area contributed by atoms with E-state index in [4.69, 9.17) is 4.74 Å². The molecule has 0 bridgehead atoms. The van der Waals surface area contributed by atoms with Crippen LogP contribution in [0, 0.1) is 17.6 Å². The van der Waals surface area contributed by atoms with Crippen LogP contribution in [0.2, 0.25) is 0 Å². The van der Waals surface area contributed by atoms with Crippen molar-refractivity contribution < 1.29 is 22.3 Å². The second-order valence-electron chi connectivity index (χ2n) is 8.20. The zero-order valence-electron chi connectivity index (χ0n) is 18.7. The van der Waals surface area contributed by atoms with Gasteiger partial charge in [-0.2, -0.15) is 0 Å². The third-order valence-corrected chi connectivity index (χ3v) is 6.14. The first kappa shape index (κ1) is 23.7. The van der Waals surface area contributed by atoms with Crippen LogP contribution in [0.3, 0.4) is 0 Å². The van der Waals surface area contributed by atoms with Gasteiger partial charge in [-0.1, -0.05) is 85.5 Å². The Morgan fingerprint density at radius 2 is 1.26 bits per heavy atom. The van der Waals surface area contributed by atoms with Crippen molar-refractivity contribution in [3.05, 3.63) is 108 Å². The first-order chi connectivity index (χ1) is 16.4. The number of allylic oxidation sites excluding steroid dienone is 2. The highest BCUT2D eigenvalue weighted by atomic mass is 19.2. The predicted molar refractivity (Wildman–Crippen MR) is 129 cm³/mol. The number of ether oxygens (including phenoxy) is 1. The molecule has 1 aliphatic carbocycles. The van der Waals surface area contributed by atoms with Crippen molar-refractivity contribution in [1.29, 1.82) is 0 Å². The van der Waals surface area contributed by atoms with E-state index >= 15 is 0 Å². The molecule has 0 aliphatic heterocycles. The van der Waals surface area contributed by atoms with E-state index in [1.54, 1.807) is 78.9 Å². The largest absolute Gasteiger partial charge is 0.374 e. The standard InChI is InChI=1S/C29H24F4O/c1-3-18-4-9-20(10-5-18)23-15-16-24(28(32)27(23)31)21-11-6-19(7-12-21)8-13-22-14-17-25(34-2)29(33)26(22)30/h3-13,15-16,22,25H,1,14,17H2,2H3/b13-8+. The molecule has 1 aliphatic rings. The van der Waals surface area contributed by atoms with Crippen LogP contribution >= 0.6 is 0 Å². The van der Waals surface area contributed by atoms with Gasteiger partial charge in [-0.15, -0.1) is 0 Å². The first-order valence-corrected chi connectivity index (χ1v) is 11.0. The zero-order chi connectivity index (χ0) is 24.2. The molecule has 0 saturated carbocycles. The molecule has 3 aromatic carbocycles. The summed E-state index contributed by atoms with van der Waals surface area (Å²) >= 11 is 0. The fourth-order valence-electron chi connectivity index (χ4n) is 4.11. The summed E-state index contributed by atoms with van der Waals surface area (Å²) in [7, 11) is 1.36. The van der Waals surface area contributed by atoms with E-state index in [9.17, 15) is 17.6 Å². The van der Waals surface area contributed by atoms with Crippen LogP contribution in [0.1, 0.15) is 24.0 Å². The molecule has 4 rings (SSSR count). The molecule has 2 unspecified atom stereocenters. The van der Waals surface area contributed by atoms with Gasteiger partial charge in [-0.25, -0.2) is 17.6 Å². The summed E-state index contributed by atoms with van der Waals surface area (Å²) in [6.07, 6.45) is 5.02. The average Bonchev–Trinajstić information content (AvgIpc) is 2.87. The Balaban J connectivity index is 1.54. The Bertz CT molecular complexity index is 1240. The Morgan fingerprint density at radius 3 is 1.76 bits per heavy atom. The fourth-order valence-corrected chi connectivity index (χ4v) is 4.11. The lowest BCUT2D eigenvalue weighted by atomic mass is 9.91. The van der Waals surface area contributed by atoms with Crippen LogP contribution in [0.4, 0.5) is 17.6 Å². The van der Waals surface area contributed by atoms with Crippen LogP contribution in [-0.4, -0.2) is 13.2 Å². The lowest BCUT2D eigenvalue weighted by Gasteiger charge is -2.23. The van der Waals surface area contributed by atoms with Gasteiger partial charge in [0.1, 0.15) is 11.9 Å². The van der Waals surface area contributed by atoms with Crippen molar-refractivity contribution in [2.45, 2.75) is 18.9 Å². The number of methoxy groups -OCH3 is 1. The third-order valence-electron chi connectivity index (χ3n) is 6.14. The summed E-state index contributed by atoms with van der Waals surface area (Å²) in [5.41, 5.74) is 3.05. The lowest BCUT2D eigenvalue weighted by molar-refractivity contribution is 0.0859. The SMILES string of the molecule is C=Cc1ccc(-c2ccc(-c3ccc(/C=C/C4CCC(OC)C(F)=C4F)cc3)c(F)c2F)cc1. The normalized spacial score (nSPS) is 18.5. The maximum atomic E-state index is 14.9. The number of benzene rings is 3. The van der Waals surface area contributed by atoms with Gasteiger partial charge in [-0.05, 0) is 35.1 Å². The topological polar surface area (TPSA) is 9.23 Å². The Hall–Kier alpha value is -3.44. The quantitative estimate of drug-likeness (QED) is 0.332. The molecule has 0 saturated heterocycles. The summed E-state index contributed by atoms with van der Waals surface area (Å²) in [5.74, 6) is -4.14. The van der Waals surface area contributed by atoms with Gasteiger partial charge in [-0.3, -0.25) is 0 Å². The van der Waals surface area contributed by atoms with E-state index < -0.39 is 35.3 Å². The fraction of sp³-hybridized carbons (Fsp3) is 0.172. The van der Waals surface area contributed by atoms with E-state index in [0.29, 0.717) is 24.0 Å². The second-order valence-corrected chi connectivity index (χ2v) is 8.20. The van der Waals surface area contributed by atoms with Gasteiger partial charge < -0.3 is 4.74 Å². The van der Waals surface area contributed by atoms with Gasteiger partial charge in [0.05, 0.1) is 0 Å². The van der Waals surface area contributed by atoms with Crippen LogP contribution in [0.15, 0.2) is 85.0 Å². The first-order valence-electron chi connectivity index (χ1n) is 11.0. The van der Waals surface area contributed by atoms with E-state index in [1.165, 1.54) is 7.11 Å². The van der Waals surface area contributed by atoms with Gasteiger partial charge in [0, 0.05) is 24.2 Å². The molecule has 0 heterocycles. The highest BCUT2D eigenvalue weighted by molar-refractivity contribution is 5.73. The zero-order valence-corrected chi connectivity index (χ0v) is 18.7. The highest BCUT2D eigenvalue weighted by Crippen LogP contribution is 2.35. The molecule has 0 spiro atoms. The van der Waals surface area contributed by atoms with Gasteiger partial charge in [0.2, 0.25) is 0 Å². The minimum absolute atomic E-state index is 0.147. The monoisotopic (exact) mass is 464 g/mol. The number of halogens is 4. The molecule has 0 aromatic heterocycles. The average molecular weight is 465 g/mol. The third kappa shape index (κ3) is 4.75. The smallest absolute Gasteiger partial charge is 0.167 e. The van der Waals surface area contributed by atoms with Crippen LogP contribution in [0.5, 0.6) is 0 Å². The van der Waals surface area contributed by atoms with Gasteiger partial charge in [0.25, 0.3) is 0 Å². The molecule has 1 nitrogen and oxygen atoms in total. The molecular weight excluding hydrogens is 440 g/mol. The lowest BCUT2D eigenvalue weighted by Crippen LogP contribution is -2.20. The molecule has 3 aromatic rings. The maximum absolute atomic E-state index is 14.9. The summed E-state index contributed by atoms with van der Waals surface area (Å²) in [6, 6.07) is 16.9. The summed E-state index contributed by atoms with van der Waals surface area (Å²) < 4.78 is 62.9. The van der Waals surface area contributed by atoms with E-state index in [-0.39, 0.29) is 11.1 Å². The van der Waals surface area contributed by atoms with Crippen molar-refractivity contribution >= 4 is 12.2 Å². The van der Waals surface area contributed by atoms with Crippen LogP contribution in [0.25, 0.3) is 34.4 Å². The molecule has 0 fully saturated rings. The summed E-state index contributed by atoms with van der Waals surface area (Å²) in [4.78, 5) is 0. The summed E-state index contributed by atoms with van der Waals surface area (Å²) in [5, 5.41) is 0. The molecule has 0 amide bonds. The summed E-state index contributed by atoms with van der Waals surface area (Å²) in [6.45, 7) is 3.69. The number of hydrogen-bond acceptors (Lipinski definition) is 1. The van der Waals surface area contributed by atoms with E-state index in [2.05, 4.69) is 6.58 Å². The predicted octanol–water partition coefficient (Wildman–Crippen LogP) is 8.53. The van der Waals surface area contributed by atoms with Crippen molar-refractivity contribution in [2.75, 3.05) is 7.11 Å². The van der Waals surface area contributed by atoms with Crippen molar-refractivity contribution in [3.8, 4) is 22.3 Å². The minimum atomic E-state index is -0.925. The Kier molecular flexibility index (Phi) is 7.13. The molecule has 5 heteroatoms. The molecule has 174 valence electrons. The minimum Gasteiger partial charge on any atom is -0.374 e. The Morgan fingerprint density at radius 1 is 0.735 bits per heavy atom. The second kappa shape index (κ2) is 10.2. The highest BCUT2D eigenvalue weighted by Gasteiger charge is 2.29. The number of rotatable bonds is 6. The molecule has 2 atom stereocenters. The Labute approximate surface area is 196 Å². The van der Waals surface area contributed by atoms with Crippen LogP contribution in [-0.2, 0) is 4.74 Å². The van der Waals surface area contributed by atoms with Gasteiger partial charge in [0.15, 0.2) is 17.5 Å². The molecule has 0 N–H and O–H groups in total. The number of hydrogen-bond donors (Lipinski definition) is 0. The van der Waals surface area contributed by atoms with E-state index in [1.807, 2.05) is 0 Å².